The van der Waals surface area contributed by atoms with Crippen LogP contribution in [0, 0.1) is 0 Å². The maximum absolute atomic E-state index is 11.3. The number of aryl methyl sites for hydroxylation is 1. The molecule has 1 aromatic rings. The van der Waals surface area contributed by atoms with E-state index in [9.17, 15) is 8.42 Å². The van der Waals surface area contributed by atoms with Gasteiger partial charge in [-0.25, -0.2) is 8.42 Å². The molecular weight excluding hydrogens is 188 g/mol. The van der Waals surface area contributed by atoms with Gasteiger partial charge in [-0.3, -0.25) is 4.68 Å². The Hall–Kier alpha value is -0.840. The minimum atomic E-state index is -3.14. The Kier molecular flexibility index (Phi) is 2.47. The van der Waals surface area contributed by atoms with Crippen LogP contribution in [0.5, 0.6) is 0 Å². The predicted molar refractivity (Wildman–Crippen MR) is 50.4 cm³/mol. The summed E-state index contributed by atoms with van der Waals surface area (Å²) in [4.78, 5) is 0.338. The molecule has 0 fully saturated rings. The minimum Gasteiger partial charge on any atom is -0.274 e. The Bertz CT molecular complexity index is 404. The fraction of sp³-hybridized carbons (Fsp3) is 0.625. The third-order valence-electron chi connectivity index (χ3n) is 1.77. The lowest BCUT2D eigenvalue weighted by Crippen LogP contribution is -2.01. The second-order valence-corrected chi connectivity index (χ2v) is 5.46. The molecule has 0 atom stereocenters. The molecule has 0 spiro atoms. The fourth-order valence-corrected chi connectivity index (χ4v) is 2.17. The van der Waals surface area contributed by atoms with Crippen molar-refractivity contribution in [2.24, 2.45) is 7.05 Å². The van der Waals surface area contributed by atoms with Gasteiger partial charge in [-0.1, -0.05) is 13.8 Å². The van der Waals surface area contributed by atoms with E-state index in [4.69, 9.17) is 0 Å². The van der Waals surface area contributed by atoms with Gasteiger partial charge in [0.2, 0.25) is 0 Å². The van der Waals surface area contributed by atoms with Crippen LogP contribution in [0.15, 0.2) is 11.1 Å². The Morgan fingerprint density at radius 1 is 1.46 bits per heavy atom. The summed E-state index contributed by atoms with van der Waals surface area (Å²) in [5.74, 6) is 0.130. The number of rotatable bonds is 2. The van der Waals surface area contributed by atoms with Gasteiger partial charge >= 0.3 is 0 Å². The van der Waals surface area contributed by atoms with Gasteiger partial charge < -0.3 is 0 Å². The van der Waals surface area contributed by atoms with Crippen molar-refractivity contribution in [1.82, 2.24) is 9.78 Å². The van der Waals surface area contributed by atoms with Crippen LogP contribution < -0.4 is 0 Å². The van der Waals surface area contributed by atoms with Gasteiger partial charge in [0.05, 0.1) is 5.69 Å². The third-order valence-corrected chi connectivity index (χ3v) is 2.88. The Balaban J connectivity index is 3.37. The van der Waals surface area contributed by atoms with E-state index in [2.05, 4.69) is 5.10 Å². The maximum Gasteiger partial charge on any atom is 0.178 e. The molecule has 0 aromatic carbocycles. The van der Waals surface area contributed by atoms with Gasteiger partial charge in [-0.05, 0) is 5.92 Å². The van der Waals surface area contributed by atoms with E-state index in [0.29, 0.717) is 10.6 Å². The first-order valence-electron chi connectivity index (χ1n) is 4.06. The highest BCUT2D eigenvalue weighted by Gasteiger charge is 2.19. The van der Waals surface area contributed by atoms with Crippen molar-refractivity contribution in [1.29, 1.82) is 0 Å². The Morgan fingerprint density at radius 3 is 2.31 bits per heavy atom. The summed E-state index contributed by atoms with van der Waals surface area (Å²) in [6.07, 6.45) is 2.75. The second kappa shape index (κ2) is 3.14. The molecule has 74 valence electrons. The lowest BCUT2D eigenvalue weighted by Gasteiger charge is -2.01. The molecule has 1 aromatic heterocycles. The molecule has 0 amide bonds. The molecule has 5 heteroatoms. The van der Waals surface area contributed by atoms with Crippen molar-refractivity contribution < 1.29 is 8.42 Å². The molecular formula is C8H14N2O2S. The van der Waals surface area contributed by atoms with Crippen molar-refractivity contribution in [2.45, 2.75) is 24.7 Å². The molecule has 0 aliphatic carbocycles. The molecule has 0 aliphatic rings. The number of sulfone groups is 1. The summed E-state index contributed by atoms with van der Waals surface area (Å²) in [6.45, 7) is 3.86. The summed E-state index contributed by atoms with van der Waals surface area (Å²) < 4.78 is 24.2. The molecule has 0 unspecified atom stereocenters. The molecule has 4 nitrogen and oxygen atoms in total. The van der Waals surface area contributed by atoms with Gasteiger partial charge in [0, 0.05) is 19.5 Å². The first kappa shape index (κ1) is 10.2. The second-order valence-electron chi connectivity index (χ2n) is 3.48. The zero-order valence-electron chi connectivity index (χ0n) is 8.27. The minimum absolute atomic E-state index is 0.130. The largest absolute Gasteiger partial charge is 0.274 e. The van der Waals surface area contributed by atoms with Crippen molar-refractivity contribution in [3.05, 3.63) is 11.9 Å². The molecule has 13 heavy (non-hydrogen) atoms. The molecule has 0 N–H and O–H groups in total. The molecule has 1 heterocycles. The van der Waals surface area contributed by atoms with Crippen LogP contribution in [-0.4, -0.2) is 24.5 Å². The lowest BCUT2D eigenvalue weighted by atomic mass is 10.1. The summed E-state index contributed by atoms with van der Waals surface area (Å²) >= 11 is 0. The van der Waals surface area contributed by atoms with E-state index in [0.717, 1.165) is 0 Å². The van der Waals surface area contributed by atoms with Gasteiger partial charge in [-0.15, -0.1) is 0 Å². The Labute approximate surface area is 78.5 Å². The molecule has 0 radical (unpaired) electrons. The summed E-state index contributed by atoms with van der Waals surface area (Å²) in [7, 11) is -1.42. The van der Waals surface area contributed by atoms with Crippen molar-refractivity contribution in [3.63, 3.8) is 0 Å². The Morgan fingerprint density at radius 2 is 2.00 bits per heavy atom. The van der Waals surface area contributed by atoms with E-state index in [1.165, 1.54) is 10.9 Å². The topological polar surface area (TPSA) is 52.0 Å². The van der Waals surface area contributed by atoms with Crippen molar-refractivity contribution in [2.75, 3.05) is 6.26 Å². The zero-order chi connectivity index (χ0) is 10.2. The smallest absolute Gasteiger partial charge is 0.178 e. The number of aromatic nitrogens is 2. The molecule has 0 saturated carbocycles. The van der Waals surface area contributed by atoms with E-state index < -0.39 is 9.84 Å². The van der Waals surface area contributed by atoms with Crippen molar-refractivity contribution >= 4 is 9.84 Å². The quantitative estimate of drug-likeness (QED) is 0.717. The van der Waals surface area contributed by atoms with Crippen LogP contribution in [0.4, 0.5) is 0 Å². The maximum atomic E-state index is 11.3. The average molecular weight is 202 g/mol. The highest BCUT2D eigenvalue weighted by molar-refractivity contribution is 7.90. The van der Waals surface area contributed by atoms with Gasteiger partial charge in [0.25, 0.3) is 0 Å². The monoisotopic (exact) mass is 202 g/mol. The van der Waals surface area contributed by atoms with E-state index in [1.54, 1.807) is 13.2 Å². The van der Waals surface area contributed by atoms with Crippen LogP contribution in [0.25, 0.3) is 0 Å². The third kappa shape index (κ3) is 2.09. The highest BCUT2D eigenvalue weighted by atomic mass is 32.2. The van der Waals surface area contributed by atoms with Gasteiger partial charge in [0.1, 0.15) is 4.90 Å². The summed E-state index contributed by atoms with van der Waals surface area (Å²) in [5, 5.41) is 4.11. The van der Waals surface area contributed by atoms with E-state index in [-0.39, 0.29) is 5.92 Å². The lowest BCUT2D eigenvalue weighted by molar-refractivity contribution is 0.599. The van der Waals surface area contributed by atoms with Crippen LogP contribution in [-0.2, 0) is 16.9 Å². The van der Waals surface area contributed by atoms with E-state index >= 15 is 0 Å². The van der Waals surface area contributed by atoms with Crippen LogP contribution >= 0.6 is 0 Å². The summed E-state index contributed by atoms with van der Waals surface area (Å²) in [6, 6.07) is 0. The van der Waals surface area contributed by atoms with Gasteiger partial charge in [-0.2, -0.15) is 5.10 Å². The number of hydrogen-bond acceptors (Lipinski definition) is 3. The number of nitrogens with zero attached hydrogens (tertiary/aromatic N) is 2. The standard InChI is InChI=1S/C8H14N2O2S/c1-6(2)8-7(13(4,11)12)5-10(3)9-8/h5-6H,1-4H3. The SMILES string of the molecule is CC(C)c1nn(C)cc1S(C)(=O)=O. The first-order chi connectivity index (χ1) is 5.82. The average Bonchev–Trinajstić information content (AvgIpc) is 2.29. The normalized spacial score (nSPS) is 12.4. The zero-order valence-corrected chi connectivity index (χ0v) is 9.09. The highest BCUT2D eigenvalue weighted by Crippen LogP contribution is 2.21. The molecule has 1 rings (SSSR count). The fourth-order valence-electron chi connectivity index (χ4n) is 1.17. The molecule has 0 aliphatic heterocycles. The number of hydrogen-bond donors (Lipinski definition) is 0. The van der Waals surface area contributed by atoms with Crippen LogP contribution in [0.2, 0.25) is 0 Å². The van der Waals surface area contributed by atoms with Crippen LogP contribution in [0.1, 0.15) is 25.5 Å². The molecule has 0 saturated heterocycles. The van der Waals surface area contributed by atoms with Crippen molar-refractivity contribution in [3.8, 4) is 0 Å². The van der Waals surface area contributed by atoms with Gasteiger partial charge in [0.15, 0.2) is 9.84 Å². The van der Waals surface area contributed by atoms with Crippen LogP contribution in [0.3, 0.4) is 0 Å². The molecule has 0 bridgehead atoms. The summed E-state index contributed by atoms with van der Waals surface area (Å²) in [5.41, 5.74) is 0.644. The van der Waals surface area contributed by atoms with E-state index in [1.807, 2.05) is 13.8 Å². The predicted octanol–water partition coefficient (Wildman–Crippen LogP) is 0.947. The first-order valence-corrected chi connectivity index (χ1v) is 5.95.